The van der Waals surface area contributed by atoms with Gasteiger partial charge in [0.05, 0.1) is 24.9 Å². The molecule has 2 heterocycles. The number of aliphatic hydroxyl groups excluding tert-OH is 5. The number of hydrogen-bond donors (Lipinski definition) is 7. The smallest absolute Gasteiger partial charge is 0.272 e. The van der Waals surface area contributed by atoms with Crippen molar-refractivity contribution >= 4 is 5.91 Å². The maximum atomic E-state index is 12.9. The van der Waals surface area contributed by atoms with Gasteiger partial charge >= 0.3 is 0 Å². The summed E-state index contributed by atoms with van der Waals surface area (Å²) >= 11 is 0. The fourth-order valence-corrected chi connectivity index (χ4v) is 7.46. The third-order valence-electron chi connectivity index (χ3n) is 10.3. The lowest BCUT2D eigenvalue weighted by Gasteiger charge is -2.48. The number of benzene rings is 1. The third kappa shape index (κ3) is 8.85. The molecule has 2 aliphatic carbocycles. The number of hydrogen-bond acceptors (Lipinski definition) is 13. The lowest BCUT2D eigenvalue weighted by atomic mass is 9.85. The van der Waals surface area contributed by atoms with Crippen LogP contribution >= 0.6 is 0 Å². The molecule has 14 atom stereocenters. The minimum Gasteiger partial charge on any atom is -0.482 e. The summed E-state index contributed by atoms with van der Waals surface area (Å²) in [6.07, 6.45) is -7.47. The van der Waals surface area contributed by atoms with Gasteiger partial charge < -0.3 is 54.0 Å². The molecule has 48 heavy (non-hydrogen) atoms. The average molecular weight is 684 g/mol. The molecule has 0 radical (unpaired) electrons. The van der Waals surface area contributed by atoms with Gasteiger partial charge in [-0.3, -0.25) is 10.0 Å². The zero-order chi connectivity index (χ0) is 34.4. The van der Waals surface area contributed by atoms with E-state index in [2.05, 4.69) is 0 Å². The molecule has 14 nitrogen and oxygen atoms in total. The predicted molar refractivity (Wildman–Crippen MR) is 168 cm³/mol. The van der Waals surface area contributed by atoms with Gasteiger partial charge in [0.1, 0.15) is 48.5 Å². The van der Waals surface area contributed by atoms with E-state index in [4.69, 9.17) is 28.4 Å². The van der Waals surface area contributed by atoms with Crippen LogP contribution in [0.3, 0.4) is 0 Å². The molecule has 2 saturated heterocycles. The first-order chi connectivity index (χ1) is 23.1. The Balaban J connectivity index is 1.41. The molecule has 272 valence electrons. The van der Waals surface area contributed by atoms with Gasteiger partial charge in [-0.15, -0.1) is 0 Å². The molecule has 7 N–H and O–H groups in total. The van der Waals surface area contributed by atoms with Gasteiger partial charge in [-0.05, 0) is 50.2 Å². The standard InChI is InChI=1S/C34H53NO13/c1-18-10-9-15-22(29(18)48-33-28(40)27(39)25(37)19(2)43-33)46-34-31(44-21-13-7-4-8-14-21)30(26(38)24(17-36)47-34)45-23(32(41)35-42)16-20-11-5-3-6-12-20/h4,7-8,13-14,18-20,22-31,33-34,36-40,42H,3,5-6,9-12,15-17H2,1-2H3,(H,35,41)/t18?,19?,22?,23-,24?,25?,26?,27?,28?,29?,30?,31?,33?,34?/m0/s1. The number of amides is 1. The molecule has 2 saturated carbocycles. The highest BCUT2D eigenvalue weighted by atomic mass is 16.7. The van der Waals surface area contributed by atoms with Crippen LogP contribution in [0.1, 0.15) is 71.6 Å². The fourth-order valence-electron chi connectivity index (χ4n) is 7.46. The van der Waals surface area contributed by atoms with E-state index in [1.807, 2.05) is 13.0 Å². The van der Waals surface area contributed by atoms with E-state index in [1.54, 1.807) is 36.7 Å². The fraction of sp³-hybridized carbons (Fsp3) is 0.794. The molecule has 4 fully saturated rings. The van der Waals surface area contributed by atoms with Crippen molar-refractivity contribution in [2.75, 3.05) is 6.61 Å². The summed E-state index contributed by atoms with van der Waals surface area (Å²) in [6, 6.07) is 8.80. The number of carbonyl (C=O) groups is 1. The number of nitrogens with one attached hydrogen (secondary N) is 1. The molecule has 14 heteroatoms. The number of rotatable bonds is 12. The van der Waals surface area contributed by atoms with Gasteiger partial charge in [-0.2, -0.15) is 0 Å². The summed E-state index contributed by atoms with van der Waals surface area (Å²) in [5.74, 6) is -0.217. The summed E-state index contributed by atoms with van der Waals surface area (Å²) in [5, 5.41) is 62.6. The second-order valence-corrected chi connectivity index (χ2v) is 13.8. The maximum Gasteiger partial charge on any atom is 0.272 e. The van der Waals surface area contributed by atoms with E-state index in [1.165, 1.54) is 0 Å². The number of para-hydroxylation sites is 1. The van der Waals surface area contributed by atoms with Crippen LogP contribution in [0.5, 0.6) is 5.75 Å². The van der Waals surface area contributed by atoms with Crippen LogP contribution in [0.15, 0.2) is 30.3 Å². The summed E-state index contributed by atoms with van der Waals surface area (Å²) < 4.78 is 37.5. The van der Waals surface area contributed by atoms with E-state index in [0.717, 1.165) is 44.9 Å². The molecular weight excluding hydrogens is 630 g/mol. The first-order valence-electron chi connectivity index (χ1n) is 17.4. The van der Waals surface area contributed by atoms with Crippen molar-refractivity contribution in [3.8, 4) is 5.75 Å². The Labute approximate surface area is 281 Å². The second-order valence-electron chi connectivity index (χ2n) is 13.8. The molecule has 1 aromatic rings. The number of ether oxygens (including phenoxy) is 6. The van der Waals surface area contributed by atoms with Gasteiger partial charge in [0.2, 0.25) is 0 Å². The zero-order valence-corrected chi connectivity index (χ0v) is 27.7. The van der Waals surface area contributed by atoms with Gasteiger partial charge in [-0.25, -0.2) is 5.48 Å². The van der Waals surface area contributed by atoms with E-state index >= 15 is 0 Å². The molecule has 1 amide bonds. The van der Waals surface area contributed by atoms with Gasteiger partial charge in [-0.1, -0.05) is 63.6 Å². The third-order valence-corrected chi connectivity index (χ3v) is 10.3. The van der Waals surface area contributed by atoms with Crippen molar-refractivity contribution in [1.29, 1.82) is 0 Å². The number of carbonyl (C=O) groups excluding carboxylic acids is 1. The first-order valence-corrected chi connectivity index (χ1v) is 17.4. The molecule has 13 unspecified atom stereocenters. The van der Waals surface area contributed by atoms with Crippen LogP contribution in [0.2, 0.25) is 0 Å². The molecule has 5 rings (SSSR count). The molecule has 0 spiro atoms. The molecular formula is C34H53NO13. The van der Waals surface area contributed by atoms with Crippen LogP contribution in [-0.4, -0.2) is 123 Å². The van der Waals surface area contributed by atoms with Crippen LogP contribution in [0.4, 0.5) is 0 Å². The van der Waals surface area contributed by atoms with Crippen LogP contribution < -0.4 is 10.2 Å². The second kappa shape index (κ2) is 17.3. The molecule has 2 aliphatic heterocycles. The van der Waals surface area contributed by atoms with E-state index in [-0.39, 0.29) is 11.8 Å². The van der Waals surface area contributed by atoms with E-state index in [0.29, 0.717) is 18.6 Å². The van der Waals surface area contributed by atoms with Crippen molar-refractivity contribution in [2.24, 2.45) is 11.8 Å². The zero-order valence-electron chi connectivity index (χ0n) is 27.7. The van der Waals surface area contributed by atoms with E-state index < -0.39 is 92.2 Å². The Morgan fingerprint density at radius 3 is 2.25 bits per heavy atom. The summed E-state index contributed by atoms with van der Waals surface area (Å²) in [5.41, 5.74) is 1.71. The Bertz CT molecular complexity index is 1130. The number of hydroxylamine groups is 1. The Morgan fingerprint density at radius 2 is 1.56 bits per heavy atom. The molecule has 4 aliphatic rings. The lowest BCUT2D eigenvalue weighted by molar-refractivity contribution is -0.346. The molecule has 1 aromatic carbocycles. The topological polar surface area (TPSA) is 206 Å². The van der Waals surface area contributed by atoms with Gasteiger partial charge in [0, 0.05) is 0 Å². The predicted octanol–water partition coefficient (Wildman–Crippen LogP) is 1.16. The maximum absolute atomic E-state index is 12.9. The first kappa shape index (κ1) is 37.3. The van der Waals surface area contributed by atoms with Crippen molar-refractivity contribution in [3.63, 3.8) is 0 Å². The highest BCUT2D eigenvalue weighted by Crippen LogP contribution is 2.37. The molecule has 0 aromatic heterocycles. The van der Waals surface area contributed by atoms with Gasteiger partial charge in [0.25, 0.3) is 5.91 Å². The minimum atomic E-state index is -1.50. The SMILES string of the molecule is CC1CCCC(OC2OC(CO)C(O)C(O[C@@H](CC3CCCCC3)C(=O)NO)C2Oc2ccccc2)C1OC1OC(C)C(O)C(O)C1O. The van der Waals surface area contributed by atoms with Gasteiger partial charge in [0.15, 0.2) is 18.7 Å². The molecule has 0 bridgehead atoms. The number of aliphatic hydroxyl groups is 5. The summed E-state index contributed by atoms with van der Waals surface area (Å²) in [7, 11) is 0. The highest BCUT2D eigenvalue weighted by Gasteiger charge is 2.52. The Kier molecular flexibility index (Phi) is 13.5. The lowest BCUT2D eigenvalue weighted by Crippen LogP contribution is -2.64. The van der Waals surface area contributed by atoms with Crippen LogP contribution in [0.25, 0.3) is 0 Å². The van der Waals surface area contributed by atoms with Crippen molar-refractivity contribution in [2.45, 2.75) is 151 Å². The Morgan fingerprint density at radius 1 is 0.833 bits per heavy atom. The highest BCUT2D eigenvalue weighted by molar-refractivity contribution is 5.79. The minimum absolute atomic E-state index is 0.0738. The van der Waals surface area contributed by atoms with Crippen LogP contribution in [-0.2, 0) is 28.5 Å². The largest absolute Gasteiger partial charge is 0.482 e. The van der Waals surface area contributed by atoms with Crippen molar-refractivity contribution in [1.82, 2.24) is 5.48 Å². The van der Waals surface area contributed by atoms with Crippen molar-refractivity contribution < 1.29 is 64.0 Å². The normalized spacial score (nSPS) is 40.2. The van der Waals surface area contributed by atoms with Crippen molar-refractivity contribution in [3.05, 3.63) is 30.3 Å². The van der Waals surface area contributed by atoms with E-state index in [9.17, 15) is 35.5 Å². The average Bonchev–Trinajstić information content (AvgIpc) is 3.10. The summed E-state index contributed by atoms with van der Waals surface area (Å²) in [4.78, 5) is 12.9. The Hall–Kier alpha value is -1.95. The summed E-state index contributed by atoms with van der Waals surface area (Å²) in [6.45, 7) is 2.97. The van der Waals surface area contributed by atoms with Crippen LogP contribution in [0, 0.1) is 11.8 Å². The quantitative estimate of drug-likeness (QED) is 0.122. The monoisotopic (exact) mass is 683 g/mol.